The molecule has 0 spiro atoms. The summed E-state index contributed by atoms with van der Waals surface area (Å²) in [7, 11) is 3.44. The number of fused-ring (bicyclic) bond motifs is 1. The topological polar surface area (TPSA) is 146 Å². The largest absolute Gasteiger partial charge is 0.346 e. The maximum absolute atomic E-state index is 14.5. The van der Waals surface area contributed by atoms with E-state index < -0.39 is 29.6 Å². The molecule has 4 heterocycles. The summed E-state index contributed by atoms with van der Waals surface area (Å²) in [5, 5.41) is 8.88. The zero-order valence-corrected chi connectivity index (χ0v) is 29.4. The normalized spacial score (nSPS) is 17.4. The number of aryl methyl sites for hydroxylation is 1. The number of likely N-dealkylation sites (tertiary alicyclic amines) is 1. The van der Waals surface area contributed by atoms with Gasteiger partial charge in [-0.2, -0.15) is 0 Å². The fraction of sp³-hybridized carbons (Fsp3) is 0.444. The molecule has 50 heavy (non-hydrogen) atoms. The molecule has 0 bridgehead atoms. The van der Waals surface area contributed by atoms with Crippen molar-refractivity contribution in [3.05, 3.63) is 90.2 Å². The molecule has 1 fully saturated rings. The van der Waals surface area contributed by atoms with E-state index in [1.54, 1.807) is 64.3 Å². The van der Waals surface area contributed by atoms with Crippen molar-refractivity contribution >= 4 is 29.3 Å². The molecule has 0 saturated carbocycles. The predicted molar refractivity (Wildman–Crippen MR) is 186 cm³/mol. The van der Waals surface area contributed by atoms with Gasteiger partial charge in [0.25, 0.3) is 11.8 Å². The van der Waals surface area contributed by atoms with Gasteiger partial charge in [0.15, 0.2) is 0 Å². The summed E-state index contributed by atoms with van der Waals surface area (Å²) in [5.41, 5.74) is 1.29. The van der Waals surface area contributed by atoms with Crippen molar-refractivity contribution in [3.63, 3.8) is 0 Å². The molecule has 0 unspecified atom stereocenters. The third-order valence-electron chi connectivity index (χ3n) is 9.08. The Kier molecular flexibility index (Phi) is 11.0. The minimum atomic E-state index is -0.889. The van der Waals surface area contributed by atoms with Gasteiger partial charge in [0, 0.05) is 51.3 Å². The molecule has 1 aliphatic heterocycles. The van der Waals surface area contributed by atoms with E-state index in [2.05, 4.69) is 25.9 Å². The number of nitrogens with one attached hydrogen (secondary N) is 3. The first-order valence-corrected chi connectivity index (χ1v) is 16.8. The number of nitrogens with zero attached hydrogens (tertiary/aromatic N) is 6. The Hall–Kier alpha value is -5.11. The van der Waals surface area contributed by atoms with Gasteiger partial charge in [0.05, 0.1) is 18.4 Å². The summed E-state index contributed by atoms with van der Waals surface area (Å²) in [6, 6.07) is 9.23. The smallest absolute Gasteiger partial charge is 0.274 e. The van der Waals surface area contributed by atoms with E-state index in [9.17, 15) is 23.6 Å². The molecule has 5 rings (SSSR count). The van der Waals surface area contributed by atoms with Crippen LogP contribution < -0.4 is 16.0 Å². The molecule has 13 nitrogen and oxygen atoms in total. The van der Waals surface area contributed by atoms with Crippen LogP contribution in [0.5, 0.6) is 0 Å². The van der Waals surface area contributed by atoms with Crippen molar-refractivity contribution < 1.29 is 23.6 Å². The van der Waals surface area contributed by atoms with Gasteiger partial charge in [-0.25, -0.2) is 14.4 Å². The highest BCUT2D eigenvalue weighted by Gasteiger charge is 2.44. The van der Waals surface area contributed by atoms with Crippen LogP contribution in [0, 0.1) is 11.2 Å². The van der Waals surface area contributed by atoms with E-state index in [-0.39, 0.29) is 60.5 Å². The Morgan fingerprint density at radius 1 is 1.06 bits per heavy atom. The quantitative estimate of drug-likeness (QED) is 0.208. The molecule has 3 aromatic heterocycles. The molecule has 0 radical (unpaired) electrons. The van der Waals surface area contributed by atoms with Gasteiger partial charge in [0.1, 0.15) is 28.9 Å². The molecule has 14 heteroatoms. The molecule has 0 aliphatic carbocycles. The van der Waals surface area contributed by atoms with Gasteiger partial charge >= 0.3 is 0 Å². The van der Waals surface area contributed by atoms with Crippen molar-refractivity contribution in [2.24, 2.45) is 12.5 Å². The molecule has 1 saturated heterocycles. The summed E-state index contributed by atoms with van der Waals surface area (Å²) < 4.78 is 17.1. The highest BCUT2D eigenvalue weighted by atomic mass is 19.1. The number of hydrogen-bond acceptors (Lipinski definition) is 7. The summed E-state index contributed by atoms with van der Waals surface area (Å²) in [4.78, 5) is 67.0. The van der Waals surface area contributed by atoms with E-state index in [1.165, 1.54) is 18.5 Å². The van der Waals surface area contributed by atoms with Crippen LogP contribution in [0.3, 0.4) is 0 Å². The van der Waals surface area contributed by atoms with Crippen LogP contribution in [0.2, 0.25) is 0 Å². The van der Waals surface area contributed by atoms with E-state index in [0.29, 0.717) is 18.5 Å². The molecule has 1 aromatic carbocycles. The number of carbonyl (C=O) groups excluding carboxylic acids is 4. The van der Waals surface area contributed by atoms with Gasteiger partial charge in [-0.15, -0.1) is 0 Å². The second-order valence-electron chi connectivity index (χ2n) is 14.0. The van der Waals surface area contributed by atoms with Crippen LogP contribution >= 0.6 is 0 Å². The van der Waals surface area contributed by atoms with Crippen LogP contribution in [0.25, 0.3) is 5.65 Å². The fourth-order valence-electron chi connectivity index (χ4n) is 6.11. The average Bonchev–Trinajstić information content (AvgIpc) is 3.82. The molecule has 4 atom stereocenters. The zero-order valence-electron chi connectivity index (χ0n) is 29.4. The summed E-state index contributed by atoms with van der Waals surface area (Å²) >= 11 is 0. The van der Waals surface area contributed by atoms with E-state index in [1.807, 2.05) is 45.2 Å². The fourth-order valence-corrected chi connectivity index (χ4v) is 6.11. The van der Waals surface area contributed by atoms with Crippen LogP contribution in [-0.2, 0) is 23.1 Å². The molecule has 4 amide bonds. The molecular formula is C36H46FN9O4. The maximum Gasteiger partial charge on any atom is 0.274 e. The Labute approximate surface area is 291 Å². The summed E-state index contributed by atoms with van der Waals surface area (Å²) in [5.74, 6) is -1.68. The second kappa shape index (κ2) is 15.2. The lowest BCUT2D eigenvalue weighted by Gasteiger charge is -2.37. The van der Waals surface area contributed by atoms with Gasteiger partial charge in [-0.05, 0) is 62.1 Å². The number of rotatable bonds is 12. The van der Waals surface area contributed by atoms with Crippen LogP contribution in [-0.4, -0.2) is 103 Å². The van der Waals surface area contributed by atoms with Crippen molar-refractivity contribution in [1.29, 1.82) is 0 Å². The first-order valence-electron chi connectivity index (χ1n) is 16.8. The molecule has 4 aromatic rings. The number of carbonyl (C=O) groups is 4. The molecule has 266 valence electrons. The number of likely N-dealkylation sites (N-methyl/N-ethyl adjacent to an activating group) is 1. The van der Waals surface area contributed by atoms with E-state index in [0.717, 1.165) is 5.56 Å². The first-order chi connectivity index (χ1) is 23.7. The molecular weight excluding hydrogens is 641 g/mol. The Morgan fingerprint density at radius 3 is 2.44 bits per heavy atom. The number of pyridine rings is 1. The lowest BCUT2D eigenvalue weighted by atomic mass is 9.85. The zero-order chi connectivity index (χ0) is 36.2. The Morgan fingerprint density at radius 2 is 1.80 bits per heavy atom. The van der Waals surface area contributed by atoms with Gasteiger partial charge in [-0.1, -0.05) is 39.0 Å². The lowest BCUT2D eigenvalue weighted by molar-refractivity contribution is -0.140. The minimum absolute atomic E-state index is 0.132. The highest BCUT2D eigenvalue weighted by molar-refractivity contribution is 5.94. The predicted octanol–water partition coefficient (Wildman–Crippen LogP) is 2.43. The van der Waals surface area contributed by atoms with Gasteiger partial charge < -0.3 is 34.7 Å². The van der Waals surface area contributed by atoms with E-state index in [4.69, 9.17) is 0 Å². The number of aromatic nitrogens is 4. The van der Waals surface area contributed by atoms with Crippen molar-refractivity contribution in [2.45, 2.75) is 64.7 Å². The standard InChI is InChI=1S/C36H46FN9O4/c1-23(38-5)32(47)42-31(36(2,3)4)35(50)46-18-26(40-33(48)28-20-43(6)22-39-28)17-27(46)19-45(16-14-24-10-12-25(37)13-11-24)34(49)29-21-44-15-8-7-9-30(44)41-29/h7-13,15,20-23,26-27,31,38H,14,16-19H2,1-6H3,(H,40,48)(H,42,47)/t23-,26-,27-,31+/m0/s1. The van der Waals surface area contributed by atoms with Gasteiger partial charge in [-0.3, -0.25) is 19.2 Å². The number of benzene rings is 1. The van der Waals surface area contributed by atoms with Gasteiger partial charge in [0.2, 0.25) is 11.8 Å². The SMILES string of the molecule is CN[C@@H](C)C(=O)N[C@H](C(=O)N1C[C@@H](NC(=O)c2cn(C)cn2)C[C@H]1CN(CCc1ccc(F)cc1)C(=O)c1cn2ccccc2n1)C(C)(C)C. The summed E-state index contributed by atoms with van der Waals surface area (Å²) in [6.45, 7) is 7.92. The third kappa shape index (κ3) is 8.54. The Bertz CT molecular complexity index is 1800. The van der Waals surface area contributed by atoms with E-state index >= 15 is 0 Å². The second-order valence-corrected chi connectivity index (χ2v) is 14.0. The van der Waals surface area contributed by atoms with Crippen molar-refractivity contribution in [3.8, 4) is 0 Å². The molecule has 3 N–H and O–H groups in total. The van der Waals surface area contributed by atoms with Crippen molar-refractivity contribution in [1.82, 2.24) is 44.7 Å². The van der Waals surface area contributed by atoms with Crippen LogP contribution in [0.15, 0.2) is 67.4 Å². The van der Waals surface area contributed by atoms with Crippen LogP contribution in [0.4, 0.5) is 4.39 Å². The minimum Gasteiger partial charge on any atom is -0.346 e. The monoisotopic (exact) mass is 687 g/mol. The summed E-state index contributed by atoms with van der Waals surface area (Å²) in [6.07, 6.45) is 7.42. The first kappa shape index (κ1) is 36.2. The highest BCUT2D eigenvalue weighted by Crippen LogP contribution is 2.27. The third-order valence-corrected chi connectivity index (χ3v) is 9.08. The molecule has 1 aliphatic rings. The number of halogens is 1. The average molecular weight is 688 g/mol. The number of hydrogen-bond donors (Lipinski definition) is 3. The van der Waals surface area contributed by atoms with Crippen LogP contribution in [0.1, 0.15) is 60.7 Å². The number of amides is 4. The lowest BCUT2D eigenvalue weighted by Crippen LogP contribution is -2.59. The number of imidazole rings is 2. The Balaban J connectivity index is 1.46. The van der Waals surface area contributed by atoms with Crippen molar-refractivity contribution in [2.75, 3.05) is 26.7 Å². The maximum atomic E-state index is 14.5.